The summed E-state index contributed by atoms with van der Waals surface area (Å²) in [6.45, 7) is 0.326. The highest BCUT2D eigenvalue weighted by molar-refractivity contribution is 5.79. The number of esters is 1. The summed E-state index contributed by atoms with van der Waals surface area (Å²) < 4.78 is 5.35. The van der Waals surface area contributed by atoms with Crippen LogP contribution in [-0.2, 0) is 20.9 Å². The molecule has 1 saturated carbocycles. The number of hydrogen-bond donors (Lipinski definition) is 1. The van der Waals surface area contributed by atoms with E-state index < -0.39 is 0 Å². The Hall–Kier alpha value is -1.84. The van der Waals surface area contributed by atoms with Crippen molar-refractivity contribution >= 4 is 11.9 Å². The largest absolute Gasteiger partial charge is 0.461 e. The first-order valence-electron chi connectivity index (χ1n) is 7.71. The second-order valence-electron chi connectivity index (χ2n) is 6.10. The van der Waals surface area contributed by atoms with Gasteiger partial charge in [0, 0.05) is 12.5 Å². The van der Waals surface area contributed by atoms with Gasteiger partial charge in [-0.05, 0) is 30.2 Å². The zero-order valence-corrected chi connectivity index (χ0v) is 12.1. The van der Waals surface area contributed by atoms with Gasteiger partial charge in [0.15, 0.2) is 0 Å². The van der Waals surface area contributed by atoms with Crippen molar-refractivity contribution in [2.24, 2.45) is 11.8 Å². The summed E-state index contributed by atoms with van der Waals surface area (Å²) >= 11 is 0. The SMILES string of the molecule is O=C1CC2CCCC(CC(=O)OCc3ccccc3)C2N1. The molecule has 4 nitrogen and oxygen atoms in total. The summed E-state index contributed by atoms with van der Waals surface area (Å²) in [5.74, 6) is 0.622. The Kier molecular flexibility index (Phi) is 4.23. The molecular weight excluding hydrogens is 266 g/mol. The van der Waals surface area contributed by atoms with E-state index in [2.05, 4.69) is 5.32 Å². The summed E-state index contributed by atoms with van der Waals surface area (Å²) in [7, 11) is 0. The number of nitrogens with one attached hydrogen (secondary N) is 1. The molecular formula is C17H21NO3. The van der Waals surface area contributed by atoms with Crippen molar-refractivity contribution < 1.29 is 14.3 Å². The third-order valence-electron chi connectivity index (χ3n) is 4.61. The van der Waals surface area contributed by atoms with Gasteiger partial charge in [-0.2, -0.15) is 0 Å². The van der Waals surface area contributed by atoms with Gasteiger partial charge in [0.1, 0.15) is 6.61 Å². The molecule has 0 spiro atoms. The highest BCUT2D eigenvalue weighted by Crippen LogP contribution is 2.36. The minimum absolute atomic E-state index is 0.134. The van der Waals surface area contributed by atoms with Crippen LogP contribution in [0.25, 0.3) is 0 Å². The zero-order chi connectivity index (χ0) is 14.7. The van der Waals surface area contributed by atoms with Gasteiger partial charge in [-0.25, -0.2) is 0 Å². The van der Waals surface area contributed by atoms with Crippen molar-refractivity contribution in [1.82, 2.24) is 5.32 Å². The van der Waals surface area contributed by atoms with Crippen molar-refractivity contribution in [2.75, 3.05) is 0 Å². The van der Waals surface area contributed by atoms with Crippen LogP contribution in [0.15, 0.2) is 30.3 Å². The van der Waals surface area contributed by atoms with Crippen LogP contribution in [0.1, 0.15) is 37.7 Å². The van der Waals surface area contributed by atoms with Crippen molar-refractivity contribution in [2.45, 2.75) is 44.8 Å². The summed E-state index contributed by atoms with van der Waals surface area (Å²) in [5, 5.41) is 3.04. The molecule has 1 amide bonds. The molecule has 2 fully saturated rings. The Bertz CT molecular complexity index is 514. The molecule has 0 aromatic heterocycles. The summed E-state index contributed by atoms with van der Waals surface area (Å²) in [5.41, 5.74) is 1.00. The number of benzene rings is 1. The number of carbonyl (C=O) groups excluding carboxylic acids is 2. The highest BCUT2D eigenvalue weighted by atomic mass is 16.5. The first-order valence-corrected chi connectivity index (χ1v) is 7.71. The zero-order valence-electron chi connectivity index (χ0n) is 12.1. The van der Waals surface area contributed by atoms with Crippen LogP contribution < -0.4 is 5.32 Å². The number of hydrogen-bond acceptors (Lipinski definition) is 3. The summed E-state index contributed by atoms with van der Waals surface area (Å²) in [6.07, 6.45) is 4.24. The van der Waals surface area contributed by atoms with Crippen LogP contribution in [0.3, 0.4) is 0 Å². The molecule has 2 aliphatic rings. The lowest BCUT2D eigenvalue weighted by atomic mass is 9.76. The lowest BCUT2D eigenvalue weighted by Crippen LogP contribution is -2.40. The normalized spacial score (nSPS) is 27.8. The summed E-state index contributed by atoms with van der Waals surface area (Å²) in [6, 6.07) is 9.88. The standard InChI is InChI=1S/C17H21NO3/c19-15-9-13-7-4-8-14(17(13)18-15)10-16(20)21-11-12-5-2-1-3-6-12/h1-3,5-6,13-14,17H,4,7-11H2,(H,18,19). The van der Waals surface area contributed by atoms with E-state index in [1.807, 2.05) is 30.3 Å². The first-order chi connectivity index (χ1) is 10.2. The topological polar surface area (TPSA) is 55.4 Å². The van der Waals surface area contributed by atoms with Gasteiger partial charge in [-0.1, -0.05) is 36.8 Å². The molecule has 3 rings (SSSR count). The first kappa shape index (κ1) is 14.1. The molecule has 1 aliphatic carbocycles. The van der Waals surface area contributed by atoms with Gasteiger partial charge in [-0.15, -0.1) is 0 Å². The fraction of sp³-hybridized carbons (Fsp3) is 0.529. The smallest absolute Gasteiger partial charge is 0.306 e. The predicted molar refractivity (Wildman–Crippen MR) is 78.2 cm³/mol. The Morgan fingerprint density at radius 3 is 2.86 bits per heavy atom. The Morgan fingerprint density at radius 2 is 2.05 bits per heavy atom. The molecule has 1 heterocycles. The third-order valence-corrected chi connectivity index (χ3v) is 4.61. The average Bonchev–Trinajstić information content (AvgIpc) is 2.88. The van der Waals surface area contributed by atoms with E-state index in [-0.39, 0.29) is 23.8 Å². The number of ether oxygens (including phenoxy) is 1. The third kappa shape index (κ3) is 3.43. The van der Waals surface area contributed by atoms with Crippen molar-refractivity contribution in [3.05, 3.63) is 35.9 Å². The van der Waals surface area contributed by atoms with E-state index in [0.717, 1.165) is 24.8 Å². The van der Waals surface area contributed by atoms with Gasteiger partial charge in [0.2, 0.25) is 5.91 Å². The Labute approximate surface area is 124 Å². The molecule has 1 saturated heterocycles. The van der Waals surface area contributed by atoms with Crippen LogP contribution in [0, 0.1) is 11.8 Å². The lowest BCUT2D eigenvalue weighted by molar-refractivity contribution is -0.146. The fourth-order valence-corrected chi connectivity index (χ4v) is 3.57. The van der Waals surface area contributed by atoms with E-state index in [9.17, 15) is 9.59 Å². The minimum atomic E-state index is -0.161. The predicted octanol–water partition coefficient (Wildman–Crippen LogP) is 2.42. The van der Waals surface area contributed by atoms with Crippen LogP contribution in [0.2, 0.25) is 0 Å². The van der Waals surface area contributed by atoms with Gasteiger partial charge in [-0.3, -0.25) is 9.59 Å². The van der Waals surface area contributed by atoms with E-state index in [0.29, 0.717) is 25.4 Å². The highest BCUT2D eigenvalue weighted by Gasteiger charge is 2.40. The van der Waals surface area contributed by atoms with E-state index >= 15 is 0 Å². The Morgan fingerprint density at radius 1 is 1.24 bits per heavy atom. The quantitative estimate of drug-likeness (QED) is 0.865. The van der Waals surface area contributed by atoms with Gasteiger partial charge >= 0.3 is 5.97 Å². The molecule has 3 atom stereocenters. The molecule has 1 aliphatic heterocycles. The average molecular weight is 287 g/mol. The molecule has 4 heteroatoms. The van der Waals surface area contributed by atoms with Crippen LogP contribution in [0.5, 0.6) is 0 Å². The maximum absolute atomic E-state index is 12.0. The van der Waals surface area contributed by atoms with Crippen molar-refractivity contribution in [3.63, 3.8) is 0 Å². The Balaban J connectivity index is 1.51. The summed E-state index contributed by atoms with van der Waals surface area (Å²) in [4.78, 5) is 23.5. The minimum Gasteiger partial charge on any atom is -0.461 e. The monoisotopic (exact) mass is 287 g/mol. The molecule has 21 heavy (non-hydrogen) atoms. The molecule has 0 radical (unpaired) electrons. The molecule has 3 unspecified atom stereocenters. The lowest BCUT2D eigenvalue weighted by Gasteiger charge is -2.32. The van der Waals surface area contributed by atoms with Crippen molar-refractivity contribution in [1.29, 1.82) is 0 Å². The molecule has 112 valence electrons. The second-order valence-corrected chi connectivity index (χ2v) is 6.10. The maximum Gasteiger partial charge on any atom is 0.306 e. The van der Waals surface area contributed by atoms with E-state index in [1.165, 1.54) is 0 Å². The van der Waals surface area contributed by atoms with E-state index in [1.54, 1.807) is 0 Å². The van der Waals surface area contributed by atoms with Gasteiger partial charge < -0.3 is 10.1 Å². The van der Waals surface area contributed by atoms with Gasteiger partial charge in [0.25, 0.3) is 0 Å². The van der Waals surface area contributed by atoms with Crippen molar-refractivity contribution in [3.8, 4) is 0 Å². The molecule has 1 aromatic carbocycles. The number of carbonyl (C=O) groups is 2. The van der Waals surface area contributed by atoms with Gasteiger partial charge in [0.05, 0.1) is 6.42 Å². The van der Waals surface area contributed by atoms with Crippen LogP contribution in [0.4, 0.5) is 0 Å². The molecule has 1 N–H and O–H groups in total. The maximum atomic E-state index is 12.0. The fourth-order valence-electron chi connectivity index (χ4n) is 3.57. The van der Waals surface area contributed by atoms with Crippen LogP contribution in [-0.4, -0.2) is 17.9 Å². The number of rotatable bonds is 4. The number of fused-ring (bicyclic) bond motifs is 1. The molecule has 1 aromatic rings. The second kappa shape index (κ2) is 6.29. The number of amides is 1. The van der Waals surface area contributed by atoms with Crippen LogP contribution >= 0.6 is 0 Å². The molecule has 0 bridgehead atoms. The van der Waals surface area contributed by atoms with E-state index in [4.69, 9.17) is 4.74 Å².